The second-order valence-corrected chi connectivity index (χ2v) is 7.72. The van der Waals surface area contributed by atoms with E-state index in [-0.39, 0.29) is 5.56 Å². The Hall–Kier alpha value is -3.39. The van der Waals surface area contributed by atoms with E-state index in [2.05, 4.69) is 27.2 Å². The van der Waals surface area contributed by atoms with E-state index in [9.17, 15) is 13.2 Å². The van der Waals surface area contributed by atoms with Crippen molar-refractivity contribution in [3.8, 4) is 0 Å². The van der Waals surface area contributed by atoms with Crippen molar-refractivity contribution in [3.05, 3.63) is 94.1 Å². The maximum atomic E-state index is 13.5. The molecule has 3 heterocycles. The fraction of sp³-hybridized carbons (Fsp3) is 0.0909. The lowest BCUT2D eigenvalue weighted by Crippen LogP contribution is -2.17. The van der Waals surface area contributed by atoms with Gasteiger partial charge in [0, 0.05) is 28.5 Å². The molecule has 0 fully saturated rings. The van der Waals surface area contributed by atoms with Crippen molar-refractivity contribution < 1.29 is 13.2 Å². The molecule has 0 atom stereocenters. The first kappa shape index (κ1) is 19.9. The number of hydrogen-bond acceptors (Lipinski definition) is 5. The van der Waals surface area contributed by atoms with E-state index in [1.807, 2.05) is 18.4 Å². The number of dihydropyridines is 1. The predicted molar refractivity (Wildman–Crippen MR) is 114 cm³/mol. The van der Waals surface area contributed by atoms with Gasteiger partial charge in [-0.3, -0.25) is 0 Å². The molecule has 4 rings (SSSR count). The third kappa shape index (κ3) is 4.28. The van der Waals surface area contributed by atoms with Crippen LogP contribution in [0.1, 0.15) is 21.7 Å². The van der Waals surface area contributed by atoms with E-state index in [0.717, 1.165) is 22.2 Å². The number of aryl methyl sites for hydroxylation is 1. The molecular formula is C22H17F3N4S. The van der Waals surface area contributed by atoms with E-state index in [1.54, 1.807) is 30.5 Å². The highest BCUT2D eigenvalue weighted by Gasteiger charge is 2.34. The third-order valence-electron chi connectivity index (χ3n) is 4.42. The topological polar surface area (TPSA) is 49.8 Å². The number of nitrogens with one attached hydrogen (secondary N) is 2. The number of halogens is 3. The molecule has 0 bridgehead atoms. The van der Waals surface area contributed by atoms with Crippen molar-refractivity contribution in [3.63, 3.8) is 0 Å². The average Bonchev–Trinajstić information content (AvgIpc) is 3.11. The van der Waals surface area contributed by atoms with Crippen molar-refractivity contribution in [2.75, 3.05) is 5.32 Å². The van der Waals surface area contributed by atoms with Crippen LogP contribution in [0.4, 0.5) is 24.8 Å². The smallest absolute Gasteiger partial charge is 0.355 e. The molecule has 0 saturated carbocycles. The molecule has 1 aliphatic heterocycles. The highest BCUT2D eigenvalue weighted by atomic mass is 32.1. The second-order valence-electron chi connectivity index (χ2n) is 6.66. The molecule has 1 aromatic carbocycles. The Morgan fingerprint density at radius 2 is 1.90 bits per heavy atom. The first-order chi connectivity index (χ1) is 14.3. The van der Waals surface area contributed by atoms with E-state index in [4.69, 9.17) is 0 Å². The summed E-state index contributed by atoms with van der Waals surface area (Å²) in [5.74, 6) is 1.29. The molecule has 0 spiro atoms. The van der Waals surface area contributed by atoms with Gasteiger partial charge in [0.1, 0.15) is 11.6 Å². The molecular weight excluding hydrogens is 409 g/mol. The Balaban J connectivity index is 1.69. The number of hydrogen-bond donors (Lipinski definition) is 2. The summed E-state index contributed by atoms with van der Waals surface area (Å²) in [5, 5.41) is 8.92. The van der Waals surface area contributed by atoms with Gasteiger partial charge in [-0.1, -0.05) is 24.8 Å². The summed E-state index contributed by atoms with van der Waals surface area (Å²) in [6.45, 7) is 5.81. The van der Waals surface area contributed by atoms with Gasteiger partial charge in [-0.2, -0.15) is 13.2 Å². The molecule has 0 saturated heterocycles. The van der Waals surface area contributed by atoms with Gasteiger partial charge in [-0.25, -0.2) is 9.97 Å². The highest BCUT2D eigenvalue weighted by molar-refractivity contribution is 7.09. The summed E-state index contributed by atoms with van der Waals surface area (Å²) in [5.41, 5.74) is 1.73. The Morgan fingerprint density at radius 3 is 2.63 bits per heavy atom. The van der Waals surface area contributed by atoms with Crippen LogP contribution in [0.15, 0.2) is 72.4 Å². The number of benzene rings is 1. The van der Waals surface area contributed by atoms with Crippen LogP contribution >= 0.6 is 11.3 Å². The van der Waals surface area contributed by atoms with Crippen molar-refractivity contribution in [1.29, 1.82) is 0 Å². The molecule has 152 valence electrons. The fourth-order valence-electron chi connectivity index (χ4n) is 3.14. The molecule has 2 aromatic heterocycles. The van der Waals surface area contributed by atoms with Gasteiger partial charge in [0.25, 0.3) is 0 Å². The third-order valence-corrected chi connectivity index (χ3v) is 5.19. The molecule has 1 aliphatic rings. The first-order valence-corrected chi connectivity index (χ1v) is 9.89. The van der Waals surface area contributed by atoms with E-state index >= 15 is 0 Å². The van der Waals surface area contributed by atoms with Crippen molar-refractivity contribution in [2.45, 2.75) is 13.1 Å². The largest absolute Gasteiger partial charge is 0.417 e. The quantitative estimate of drug-likeness (QED) is 0.525. The Labute approximate surface area is 175 Å². The van der Waals surface area contributed by atoms with E-state index < -0.39 is 11.7 Å². The molecule has 0 amide bonds. The van der Waals surface area contributed by atoms with Gasteiger partial charge >= 0.3 is 6.18 Å². The molecule has 0 unspecified atom stereocenters. The summed E-state index contributed by atoms with van der Waals surface area (Å²) in [7, 11) is 0. The zero-order chi connectivity index (χ0) is 21.3. The minimum Gasteiger partial charge on any atom is -0.355 e. The minimum atomic E-state index is -4.46. The van der Waals surface area contributed by atoms with Gasteiger partial charge in [0.15, 0.2) is 0 Å². The zero-order valence-electron chi connectivity index (χ0n) is 15.9. The number of alkyl halides is 3. The molecule has 2 N–H and O–H groups in total. The monoisotopic (exact) mass is 426 g/mol. The standard InChI is InChI=1S/C22H17F3N4S/c1-13-9-16(10-19(27-13)17-5-3-4-6-18(17)22(23,24)25)15-7-8-26-20(11-15)29-21-12-30-14(2)28-21/h3-12,27H,1H2,2H3,(H,26,29). The Bertz CT molecular complexity index is 1170. The molecule has 0 aliphatic carbocycles. The van der Waals surface area contributed by atoms with Crippen molar-refractivity contribution in [2.24, 2.45) is 0 Å². The molecule has 3 aromatic rings. The fourth-order valence-corrected chi connectivity index (χ4v) is 3.68. The minimum absolute atomic E-state index is 0.0714. The van der Waals surface area contributed by atoms with Crippen molar-refractivity contribution in [1.82, 2.24) is 15.3 Å². The second kappa shape index (κ2) is 7.79. The van der Waals surface area contributed by atoms with Crippen LogP contribution < -0.4 is 10.6 Å². The van der Waals surface area contributed by atoms with Gasteiger partial charge in [0.05, 0.1) is 10.6 Å². The van der Waals surface area contributed by atoms with E-state index in [1.165, 1.54) is 23.5 Å². The molecule has 30 heavy (non-hydrogen) atoms. The predicted octanol–water partition coefficient (Wildman–Crippen LogP) is 6.15. The summed E-state index contributed by atoms with van der Waals surface area (Å²) >= 11 is 1.52. The van der Waals surface area contributed by atoms with Crippen LogP contribution in [0.25, 0.3) is 11.3 Å². The maximum Gasteiger partial charge on any atom is 0.417 e. The Kier molecular flexibility index (Phi) is 5.17. The van der Waals surface area contributed by atoms with Crippen LogP contribution in [0.5, 0.6) is 0 Å². The van der Waals surface area contributed by atoms with Gasteiger partial charge < -0.3 is 10.6 Å². The van der Waals surface area contributed by atoms with E-state index in [0.29, 0.717) is 23.0 Å². The normalized spacial score (nSPS) is 14.1. The number of allylic oxidation sites excluding steroid dienone is 3. The summed E-state index contributed by atoms with van der Waals surface area (Å²) in [6, 6.07) is 9.10. The van der Waals surface area contributed by atoms with Gasteiger partial charge in [0.2, 0.25) is 0 Å². The summed E-state index contributed by atoms with van der Waals surface area (Å²) < 4.78 is 40.4. The number of rotatable bonds is 4. The number of anilines is 2. The highest BCUT2D eigenvalue weighted by Crippen LogP contribution is 2.36. The molecule has 4 nitrogen and oxygen atoms in total. The van der Waals surface area contributed by atoms with Crippen LogP contribution in [0.3, 0.4) is 0 Å². The maximum absolute atomic E-state index is 13.5. The van der Waals surface area contributed by atoms with Crippen LogP contribution in [-0.2, 0) is 6.18 Å². The van der Waals surface area contributed by atoms with Crippen LogP contribution in [0, 0.1) is 6.92 Å². The lowest BCUT2D eigenvalue weighted by Gasteiger charge is -2.21. The number of nitrogens with zero attached hydrogens (tertiary/aromatic N) is 2. The zero-order valence-corrected chi connectivity index (χ0v) is 16.7. The van der Waals surface area contributed by atoms with Gasteiger partial charge in [-0.05, 0) is 48.4 Å². The lowest BCUT2D eigenvalue weighted by atomic mass is 9.96. The number of thiazole rings is 1. The van der Waals surface area contributed by atoms with Crippen molar-refractivity contribution >= 4 is 34.2 Å². The van der Waals surface area contributed by atoms with Gasteiger partial charge in [-0.15, -0.1) is 11.3 Å². The molecule has 8 heteroatoms. The SMILES string of the molecule is C=C1C=C(c2ccnc(Nc3csc(C)n3)c2)C=C(c2ccccc2C(F)(F)F)N1. The lowest BCUT2D eigenvalue weighted by molar-refractivity contribution is -0.137. The molecule has 0 radical (unpaired) electrons. The average molecular weight is 426 g/mol. The van der Waals surface area contributed by atoms with Crippen LogP contribution in [-0.4, -0.2) is 9.97 Å². The number of pyridine rings is 1. The summed E-state index contributed by atoms with van der Waals surface area (Å²) in [6.07, 6.45) is 0.651. The number of aromatic nitrogens is 2. The first-order valence-electron chi connectivity index (χ1n) is 9.01. The summed E-state index contributed by atoms with van der Waals surface area (Å²) in [4.78, 5) is 8.66. The Morgan fingerprint density at radius 1 is 1.10 bits per heavy atom. The van der Waals surface area contributed by atoms with Crippen LogP contribution in [0.2, 0.25) is 0 Å².